The molecule has 0 saturated heterocycles. The van der Waals surface area contributed by atoms with Gasteiger partial charge in [0.15, 0.2) is 0 Å². The lowest BCUT2D eigenvalue weighted by Crippen LogP contribution is -2.12. The Hall–Kier alpha value is -4.13. The van der Waals surface area contributed by atoms with E-state index in [0.29, 0.717) is 28.4 Å². The third kappa shape index (κ3) is 4.01. The summed E-state index contributed by atoms with van der Waals surface area (Å²) >= 11 is 0. The van der Waals surface area contributed by atoms with Gasteiger partial charge in [-0.1, -0.05) is 6.92 Å². The summed E-state index contributed by atoms with van der Waals surface area (Å²) in [5, 5.41) is 14.7. The van der Waals surface area contributed by atoms with Crippen molar-refractivity contribution in [3.8, 4) is 0 Å². The average molecular weight is 456 g/mol. The second kappa shape index (κ2) is 8.67. The van der Waals surface area contributed by atoms with Crippen molar-refractivity contribution in [3.05, 3.63) is 82.2 Å². The Morgan fingerprint density at radius 3 is 2.62 bits per heavy atom. The maximum atomic E-state index is 12.7. The number of H-pyrrole nitrogens is 1. The molecule has 1 atom stereocenters. The first-order chi connectivity index (χ1) is 16.4. The quantitative estimate of drug-likeness (QED) is 0.392. The molecule has 1 aliphatic carbocycles. The molecule has 172 valence electrons. The lowest BCUT2D eigenvalue weighted by molar-refractivity contribution is -0.110. The standard InChI is InChI=1S/C27H25N3O4/c1-2-15-4-3-5-23-20(15)13-19(28-23)14-22-21-12-18(10-11-24(21)30-26(22)32)29-25(31)16-6-8-17(9-7-16)27(33)34/h6-15,28H,2-5H2,1H3,(H,29,31)(H,30,32)(H,33,34). The molecule has 5 rings (SSSR count). The molecule has 2 heterocycles. The molecule has 2 aliphatic rings. The number of carbonyl (C=O) groups is 3. The summed E-state index contributed by atoms with van der Waals surface area (Å²) in [4.78, 5) is 39.9. The average Bonchev–Trinajstić information content (AvgIpc) is 3.39. The van der Waals surface area contributed by atoms with Gasteiger partial charge in [0.2, 0.25) is 0 Å². The molecule has 2 aromatic carbocycles. The second-order valence-corrected chi connectivity index (χ2v) is 8.77. The highest BCUT2D eigenvalue weighted by molar-refractivity contribution is 6.35. The number of hydrogen-bond acceptors (Lipinski definition) is 3. The molecule has 34 heavy (non-hydrogen) atoms. The maximum absolute atomic E-state index is 12.7. The summed E-state index contributed by atoms with van der Waals surface area (Å²) < 4.78 is 0. The number of carboxylic acid groups (broad SMARTS) is 1. The van der Waals surface area contributed by atoms with Crippen LogP contribution in [0.2, 0.25) is 0 Å². The van der Waals surface area contributed by atoms with E-state index >= 15 is 0 Å². The number of anilines is 2. The minimum absolute atomic E-state index is 0.115. The van der Waals surface area contributed by atoms with E-state index in [9.17, 15) is 14.4 Å². The number of aryl methyl sites for hydroxylation is 1. The van der Waals surface area contributed by atoms with Crippen molar-refractivity contribution >= 4 is 40.8 Å². The van der Waals surface area contributed by atoms with Crippen LogP contribution in [0, 0.1) is 0 Å². The Bertz CT molecular complexity index is 1330. The molecule has 0 spiro atoms. The zero-order valence-electron chi connectivity index (χ0n) is 18.8. The molecule has 1 unspecified atom stereocenters. The Labute approximate surface area is 196 Å². The molecular weight excluding hydrogens is 430 g/mol. The maximum Gasteiger partial charge on any atom is 0.335 e. The number of carboxylic acids is 1. The fraction of sp³-hybridized carbons (Fsp3) is 0.222. The number of fused-ring (bicyclic) bond motifs is 2. The molecule has 0 fully saturated rings. The van der Waals surface area contributed by atoms with Gasteiger partial charge in [-0.2, -0.15) is 0 Å². The van der Waals surface area contributed by atoms with Crippen molar-refractivity contribution in [1.29, 1.82) is 0 Å². The molecule has 1 aromatic heterocycles. The number of benzene rings is 2. The van der Waals surface area contributed by atoms with Gasteiger partial charge >= 0.3 is 5.97 Å². The van der Waals surface area contributed by atoms with Crippen molar-refractivity contribution in [2.75, 3.05) is 10.6 Å². The Morgan fingerprint density at radius 1 is 1.12 bits per heavy atom. The van der Waals surface area contributed by atoms with Gasteiger partial charge in [-0.25, -0.2) is 4.79 Å². The Morgan fingerprint density at radius 2 is 1.88 bits per heavy atom. The smallest absolute Gasteiger partial charge is 0.335 e. The Balaban J connectivity index is 1.41. The molecule has 0 saturated carbocycles. The molecule has 0 bridgehead atoms. The van der Waals surface area contributed by atoms with Crippen molar-refractivity contribution in [2.24, 2.45) is 0 Å². The van der Waals surface area contributed by atoms with E-state index in [-0.39, 0.29) is 17.4 Å². The molecule has 4 N–H and O–H groups in total. The van der Waals surface area contributed by atoms with Crippen LogP contribution in [-0.2, 0) is 11.2 Å². The third-order valence-corrected chi connectivity index (χ3v) is 6.62. The predicted molar refractivity (Wildman–Crippen MR) is 131 cm³/mol. The number of amides is 2. The Kier molecular flexibility index (Phi) is 5.53. The van der Waals surface area contributed by atoms with Gasteiger partial charge in [0, 0.05) is 33.9 Å². The van der Waals surface area contributed by atoms with Gasteiger partial charge in [0.05, 0.1) is 11.1 Å². The van der Waals surface area contributed by atoms with Gasteiger partial charge in [0.25, 0.3) is 11.8 Å². The van der Waals surface area contributed by atoms with E-state index < -0.39 is 5.97 Å². The van der Waals surface area contributed by atoms with E-state index in [1.807, 2.05) is 6.08 Å². The van der Waals surface area contributed by atoms with Gasteiger partial charge in [-0.15, -0.1) is 0 Å². The monoisotopic (exact) mass is 455 g/mol. The summed E-state index contributed by atoms with van der Waals surface area (Å²) in [6, 6.07) is 13.2. The second-order valence-electron chi connectivity index (χ2n) is 8.77. The third-order valence-electron chi connectivity index (χ3n) is 6.62. The fourth-order valence-electron chi connectivity index (χ4n) is 4.82. The normalized spacial score (nSPS) is 17.7. The highest BCUT2D eigenvalue weighted by Crippen LogP contribution is 2.38. The minimum Gasteiger partial charge on any atom is -0.478 e. The van der Waals surface area contributed by atoms with Crippen LogP contribution in [0.4, 0.5) is 11.4 Å². The lowest BCUT2D eigenvalue weighted by Gasteiger charge is -2.20. The molecular formula is C27H25N3O4. The van der Waals surface area contributed by atoms with E-state index in [4.69, 9.17) is 5.11 Å². The van der Waals surface area contributed by atoms with Crippen LogP contribution in [0.15, 0.2) is 48.5 Å². The summed E-state index contributed by atoms with van der Waals surface area (Å²) in [7, 11) is 0. The van der Waals surface area contributed by atoms with E-state index in [1.165, 1.54) is 48.4 Å². The van der Waals surface area contributed by atoms with Crippen LogP contribution in [0.5, 0.6) is 0 Å². The van der Waals surface area contributed by atoms with Gasteiger partial charge in [-0.3, -0.25) is 9.59 Å². The molecule has 7 heteroatoms. The number of rotatable bonds is 5. The van der Waals surface area contributed by atoms with E-state index in [1.54, 1.807) is 18.2 Å². The SMILES string of the molecule is CCC1CCCc2[nH]c(C=C3C(=O)Nc4ccc(NC(=O)c5ccc(C(=O)O)cc5)cc43)cc21. The first-order valence-electron chi connectivity index (χ1n) is 11.5. The van der Waals surface area contributed by atoms with Crippen molar-refractivity contribution in [1.82, 2.24) is 4.98 Å². The lowest BCUT2D eigenvalue weighted by atomic mass is 9.85. The van der Waals surface area contributed by atoms with Crippen LogP contribution in [0.25, 0.3) is 11.6 Å². The number of aromatic carboxylic acids is 1. The molecule has 2 amide bonds. The molecule has 0 radical (unpaired) electrons. The number of nitrogens with one attached hydrogen (secondary N) is 3. The van der Waals surface area contributed by atoms with E-state index in [0.717, 1.165) is 24.1 Å². The fourth-order valence-corrected chi connectivity index (χ4v) is 4.82. The first-order valence-corrected chi connectivity index (χ1v) is 11.5. The van der Waals surface area contributed by atoms with Crippen LogP contribution < -0.4 is 10.6 Å². The number of hydrogen-bond donors (Lipinski definition) is 4. The number of aromatic amines is 1. The highest BCUT2D eigenvalue weighted by atomic mass is 16.4. The predicted octanol–water partition coefficient (Wildman–Crippen LogP) is 5.29. The van der Waals surface area contributed by atoms with E-state index in [2.05, 4.69) is 28.6 Å². The summed E-state index contributed by atoms with van der Waals surface area (Å²) in [5.74, 6) is -1.02. The largest absolute Gasteiger partial charge is 0.478 e. The van der Waals surface area contributed by atoms with Crippen LogP contribution in [0.1, 0.15) is 75.3 Å². The van der Waals surface area contributed by atoms with Crippen molar-refractivity contribution < 1.29 is 19.5 Å². The van der Waals surface area contributed by atoms with Crippen LogP contribution >= 0.6 is 0 Å². The molecule has 3 aromatic rings. The zero-order valence-corrected chi connectivity index (χ0v) is 18.8. The first kappa shape index (κ1) is 21.7. The van der Waals surface area contributed by atoms with Crippen molar-refractivity contribution in [2.45, 2.75) is 38.5 Å². The van der Waals surface area contributed by atoms with Crippen molar-refractivity contribution in [3.63, 3.8) is 0 Å². The molecule has 7 nitrogen and oxygen atoms in total. The number of carbonyl (C=O) groups excluding carboxylic acids is 2. The van der Waals surface area contributed by atoms with Crippen LogP contribution in [-0.4, -0.2) is 27.9 Å². The zero-order chi connectivity index (χ0) is 23.8. The summed E-state index contributed by atoms with van der Waals surface area (Å²) in [6.45, 7) is 2.21. The summed E-state index contributed by atoms with van der Waals surface area (Å²) in [5.41, 5.74) is 6.51. The van der Waals surface area contributed by atoms with Crippen LogP contribution in [0.3, 0.4) is 0 Å². The van der Waals surface area contributed by atoms with Gasteiger partial charge in [0.1, 0.15) is 0 Å². The van der Waals surface area contributed by atoms with Gasteiger partial charge < -0.3 is 20.7 Å². The molecule has 1 aliphatic heterocycles. The highest BCUT2D eigenvalue weighted by Gasteiger charge is 2.26. The number of aromatic nitrogens is 1. The topological polar surface area (TPSA) is 111 Å². The van der Waals surface area contributed by atoms with Gasteiger partial charge in [-0.05, 0) is 91.8 Å². The summed E-state index contributed by atoms with van der Waals surface area (Å²) in [6.07, 6.45) is 6.38. The minimum atomic E-state index is -1.05.